The van der Waals surface area contributed by atoms with Crippen molar-refractivity contribution in [2.24, 2.45) is 0 Å². The van der Waals surface area contributed by atoms with Crippen molar-refractivity contribution < 1.29 is 0 Å². The van der Waals surface area contributed by atoms with Crippen LogP contribution in [0.2, 0.25) is 0 Å². The van der Waals surface area contributed by atoms with Gasteiger partial charge in [-0.05, 0) is 92.7 Å². The highest BCUT2D eigenvalue weighted by Crippen LogP contribution is 2.38. The second kappa shape index (κ2) is 5.99. The van der Waals surface area contributed by atoms with E-state index in [1.807, 2.05) is 0 Å². The Hall–Kier alpha value is -2.60. The maximum Gasteiger partial charge on any atom is -0.0102 e. The van der Waals surface area contributed by atoms with E-state index in [1.54, 1.807) is 0 Å². The zero-order valence-corrected chi connectivity index (χ0v) is 15.6. The highest BCUT2D eigenvalue weighted by molar-refractivity contribution is 6.09. The first-order valence-corrected chi connectivity index (χ1v) is 9.87. The van der Waals surface area contributed by atoms with Crippen LogP contribution >= 0.6 is 0 Å². The molecule has 1 aliphatic carbocycles. The largest absolute Gasteiger partial charge is 0.0613 e. The quantitative estimate of drug-likeness (QED) is 0.350. The fourth-order valence-corrected chi connectivity index (χ4v) is 4.49. The highest BCUT2D eigenvalue weighted by atomic mass is 14.2. The van der Waals surface area contributed by atoms with Crippen molar-refractivity contribution in [2.75, 3.05) is 0 Å². The standard InChI is InChI=1S/C26H24/c1-3-17-5-11-23-19(13-17)7-9-21-16-26-22(15-25(21)23)10-8-20-14-18(4-2)6-12-24(20)26/h5-7,9,11-16H,3-4,8,10H2,1-2H3. The Morgan fingerprint density at radius 1 is 0.577 bits per heavy atom. The molecule has 0 saturated carbocycles. The maximum absolute atomic E-state index is 2.45. The van der Waals surface area contributed by atoms with Crippen LogP contribution in [0.5, 0.6) is 0 Å². The van der Waals surface area contributed by atoms with Crippen LogP contribution < -0.4 is 0 Å². The third kappa shape index (κ3) is 2.36. The lowest BCUT2D eigenvalue weighted by Crippen LogP contribution is -2.04. The van der Waals surface area contributed by atoms with Crippen LogP contribution in [0.25, 0.3) is 32.7 Å². The Balaban J connectivity index is 1.75. The van der Waals surface area contributed by atoms with Crippen molar-refractivity contribution in [2.45, 2.75) is 39.5 Å². The fraction of sp³-hybridized carbons (Fsp3) is 0.231. The van der Waals surface area contributed by atoms with Gasteiger partial charge in [0.25, 0.3) is 0 Å². The zero-order chi connectivity index (χ0) is 17.7. The van der Waals surface area contributed by atoms with Crippen LogP contribution in [-0.2, 0) is 25.7 Å². The molecule has 0 amide bonds. The van der Waals surface area contributed by atoms with Gasteiger partial charge < -0.3 is 0 Å². The molecule has 4 aromatic rings. The minimum Gasteiger partial charge on any atom is -0.0613 e. The summed E-state index contributed by atoms with van der Waals surface area (Å²) in [5.41, 5.74) is 8.75. The zero-order valence-electron chi connectivity index (χ0n) is 15.6. The Kier molecular flexibility index (Phi) is 3.60. The van der Waals surface area contributed by atoms with E-state index in [0.717, 1.165) is 25.7 Å². The number of benzene rings is 4. The third-order valence-corrected chi connectivity index (χ3v) is 6.06. The molecular formula is C26H24. The van der Waals surface area contributed by atoms with Crippen LogP contribution in [0, 0.1) is 0 Å². The van der Waals surface area contributed by atoms with E-state index in [4.69, 9.17) is 0 Å². The molecule has 0 nitrogen and oxygen atoms in total. The van der Waals surface area contributed by atoms with Crippen molar-refractivity contribution in [1.29, 1.82) is 0 Å². The molecule has 0 saturated heterocycles. The third-order valence-electron chi connectivity index (χ3n) is 6.06. The molecule has 0 radical (unpaired) electrons. The Morgan fingerprint density at radius 3 is 2.00 bits per heavy atom. The predicted octanol–water partition coefficient (Wildman–Crippen LogP) is 6.88. The highest BCUT2D eigenvalue weighted by Gasteiger charge is 2.17. The number of rotatable bonds is 2. The molecule has 4 aromatic carbocycles. The molecule has 0 N–H and O–H groups in total. The SMILES string of the molecule is CCc1ccc2c(c1)CCc1cc3c(ccc4cc(CC)ccc43)cc1-2. The molecule has 0 aliphatic heterocycles. The molecule has 0 unspecified atom stereocenters. The van der Waals surface area contributed by atoms with Gasteiger partial charge in [0, 0.05) is 0 Å². The lowest BCUT2D eigenvalue weighted by atomic mass is 9.82. The van der Waals surface area contributed by atoms with Gasteiger partial charge in [0.15, 0.2) is 0 Å². The first-order chi connectivity index (χ1) is 12.8. The van der Waals surface area contributed by atoms with Gasteiger partial charge in [-0.2, -0.15) is 0 Å². The molecule has 0 fully saturated rings. The van der Waals surface area contributed by atoms with Crippen LogP contribution in [0.4, 0.5) is 0 Å². The molecule has 0 aromatic heterocycles. The molecule has 0 bridgehead atoms. The number of hydrogen-bond donors (Lipinski definition) is 0. The number of aryl methyl sites for hydroxylation is 4. The lowest BCUT2D eigenvalue weighted by molar-refractivity contribution is 0.938. The topological polar surface area (TPSA) is 0 Å². The molecule has 5 rings (SSSR count). The lowest BCUT2D eigenvalue weighted by Gasteiger charge is -2.22. The second-order valence-corrected chi connectivity index (χ2v) is 7.55. The Bertz CT molecular complexity index is 1150. The summed E-state index contributed by atoms with van der Waals surface area (Å²) < 4.78 is 0. The van der Waals surface area contributed by atoms with Crippen LogP contribution in [-0.4, -0.2) is 0 Å². The second-order valence-electron chi connectivity index (χ2n) is 7.55. The molecule has 1 aliphatic rings. The minimum absolute atomic E-state index is 1.09. The normalized spacial score (nSPS) is 13.0. The van der Waals surface area contributed by atoms with Crippen molar-refractivity contribution in [3.05, 3.63) is 82.9 Å². The van der Waals surface area contributed by atoms with Gasteiger partial charge >= 0.3 is 0 Å². The first kappa shape index (κ1) is 15.6. The molecule has 26 heavy (non-hydrogen) atoms. The fourth-order valence-electron chi connectivity index (χ4n) is 4.49. The molecule has 0 atom stereocenters. The summed E-state index contributed by atoms with van der Waals surface area (Å²) in [5.74, 6) is 0. The van der Waals surface area contributed by atoms with E-state index in [1.165, 1.54) is 54.9 Å². The summed E-state index contributed by atoms with van der Waals surface area (Å²) >= 11 is 0. The van der Waals surface area contributed by atoms with E-state index >= 15 is 0 Å². The monoisotopic (exact) mass is 336 g/mol. The van der Waals surface area contributed by atoms with Gasteiger partial charge in [-0.3, -0.25) is 0 Å². The van der Waals surface area contributed by atoms with Crippen LogP contribution in [0.1, 0.15) is 36.1 Å². The van der Waals surface area contributed by atoms with E-state index < -0.39 is 0 Å². The van der Waals surface area contributed by atoms with Crippen molar-refractivity contribution in [1.82, 2.24) is 0 Å². The van der Waals surface area contributed by atoms with Crippen molar-refractivity contribution >= 4 is 21.5 Å². The average Bonchev–Trinajstić information content (AvgIpc) is 2.71. The van der Waals surface area contributed by atoms with Gasteiger partial charge in [0.05, 0.1) is 0 Å². The summed E-state index contributed by atoms with van der Waals surface area (Å²) in [5, 5.41) is 5.50. The van der Waals surface area contributed by atoms with Gasteiger partial charge in [-0.15, -0.1) is 0 Å². The van der Waals surface area contributed by atoms with Gasteiger partial charge in [-0.25, -0.2) is 0 Å². The molecule has 0 spiro atoms. The van der Waals surface area contributed by atoms with Gasteiger partial charge in [-0.1, -0.05) is 62.4 Å². The minimum atomic E-state index is 1.09. The van der Waals surface area contributed by atoms with E-state index in [-0.39, 0.29) is 0 Å². The Morgan fingerprint density at radius 2 is 1.23 bits per heavy atom. The molecule has 0 heterocycles. The van der Waals surface area contributed by atoms with E-state index in [0.29, 0.717) is 0 Å². The summed E-state index contributed by atoms with van der Waals surface area (Å²) in [6, 6.07) is 23.4. The summed E-state index contributed by atoms with van der Waals surface area (Å²) in [6.07, 6.45) is 4.51. The summed E-state index contributed by atoms with van der Waals surface area (Å²) in [7, 11) is 0. The number of hydrogen-bond acceptors (Lipinski definition) is 0. The van der Waals surface area contributed by atoms with Gasteiger partial charge in [0.2, 0.25) is 0 Å². The van der Waals surface area contributed by atoms with Crippen LogP contribution in [0.15, 0.2) is 60.7 Å². The van der Waals surface area contributed by atoms with Gasteiger partial charge in [0.1, 0.15) is 0 Å². The predicted molar refractivity (Wildman–Crippen MR) is 113 cm³/mol. The summed E-state index contributed by atoms with van der Waals surface area (Å²) in [6.45, 7) is 4.46. The maximum atomic E-state index is 2.45. The number of fused-ring (bicyclic) bond motifs is 6. The molecule has 0 heteroatoms. The van der Waals surface area contributed by atoms with Crippen molar-refractivity contribution in [3.63, 3.8) is 0 Å². The smallest absolute Gasteiger partial charge is 0.0102 e. The van der Waals surface area contributed by atoms with E-state index in [2.05, 4.69) is 74.5 Å². The average molecular weight is 336 g/mol. The Labute approximate surface area is 155 Å². The molecular weight excluding hydrogens is 312 g/mol. The molecule has 128 valence electrons. The van der Waals surface area contributed by atoms with Crippen molar-refractivity contribution in [3.8, 4) is 11.1 Å². The van der Waals surface area contributed by atoms with Crippen LogP contribution in [0.3, 0.4) is 0 Å². The summed E-state index contributed by atoms with van der Waals surface area (Å²) in [4.78, 5) is 0. The van der Waals surface area contributed by atoms with E-state index in [9.17, 15) is 0 Å². The first-order valence-electron chi connectivity index (χ1n) is 9.87.